The lowest BCUT2D eigenvalue weighted by Crippen LogP contribution is -2.24. The number of esters is 1. The fourth-order valence-corrected chi connectivity index (χ4v) is 0.775. The average molecular weight is 220 g/mol. The van der Waals surface area contributed by atoms with Crippen molar-refractivity contribution < 1.29 is 14.3 Å². The van der Waals surface area contributed by atoms with E-state index in [0.717, 1.165) is 7.11 Å². The molecular weight excluding hydrogens is 214 g/mol. The molecule has 0 aromatic rings. The highest BCUT2D eigenvalue weighted by Gasteiger charge is 2.25. The summed E-state index contributed by atoms with van der Waals surface area (Å²) in [7, 11) is 1.13. The van der Waals surface area contributed by atoms with Gasteiger partial charge >= 0.3 is 5.97 Å². The number of hydrogen-bond acceptors (Lipinski definition) is 4. The van der Waals surface area contributed by atoms with E-state index in [2.05, 4.69) is 20.7 Å². The highest BCUT2D eigenvalue weighted by atomic mass is 79.9. The lowest BCUT2D eigenvalue weighted by molar-refractivity contribution is -0.146. The molecule has 0 amide bonds. The van der Waals surface area contributed by atoms with E-state index < -0.39 is 17.7 Å². The molecule has 11 heavy (non-hydrogen) atoms. The van der Waals surface area contributed by atoms with Gasteiger partial charge in [0.25, 0.3) is 0 Å². The lowest BCUT2D eigenvalue weighted by Gasteiger charge is -2.01. The summed E-state index contributed by atoms with van der Waals surface area (Å²) in [5.41, 5.74) is 0. The molecule has 4 nitrogen and oxygen atoms in total. The Morgan fingerprint density at radius 2 is 2.27 bits per heavy atom. The summed E-state index contributed by atoms with van der Waals surface area (Å²) in [6.45, 7) is 0. The van der Waals surface area contributed by atoms with Gasteiger partial charge in [0.05, 0.1) is 18.5 Å². The molecule has 0 radical (unpaired) electrons. The molecule has 0 rings (SSSR count). The van der Waals surface area contributed by atoms with E-state index in [1.54, 1.807) is 6.07 Å². The number of carbonyl (C=O) groups is 2. The van der Waals surface area contributed by atoms with Gasteiger partial charge in [-0.15, -0.1) is 0 Å². The van der Waals surface area contributed by atoms with E-state index in [9.17, 15) is 9.59 Å². The smallest absolute Gasteiger partial charge is 0.330 e. The number of methoxy groups -OCH3 is 1. The number of nitriles is 1. The standard InChI is InChI=1S/C6H6BrNO3/c1-11-6(10)4(3-8)5(9)2-7/h4H,2H2,1H3. The molecule has 0 aliphatic heterocycles. The first-order chi connectivity index (χ1) is 5.17. The van der Waals surface area contributed by atoms with Crippen molar-refractivity contribution in [3.05, 3.63) is 0 Å². The summed E-state index contributed by atoms with van der Waals surface area (Å²) >= 11 is 2.85. The Hall–Kier alpha value is -0.890. The first-order valence-electron chi connectivity index (χ1n) is 2.73. The topological polar surface area (TPSA) is 67.2 Å². The molecule has 1 atom stereocenters. The van der Waals surface area contributed by atoms with Crippen LogP contribution in [0.4, 0.5) is 0 Å². The van der Waals surface area contributed by atoms with Crippen LogP contribution >= 0.6 is 15.9 Å². The number of halogens is 1. The Morgan fingerprint density at radius 3 is 2.55 bits per heavy atom. The minimum absolute atomic E-state index is 0.0136. The largest absolute Gasteiger partial charge is 0.468 e. The summed E-state index contributed by atoms with van der Waals surface area (Å²) in [6, 6.07) is 1.55. The van der Waals surface area contributed by atoms with Gasteiger partial charge in [-0.05, 0) is 0 Å². The lowest BCUT2D eigenvalue weighted by atomic mass is 10.1. The van der Waals surface area contributed by atoms with E-state index in [1.807, 2.05) is 0 Å². The molecule has 0 bridgehead atoms. The minimum Gasteiger partial charge on any atom is -0.468 e. The van der Waals surface area contributed by atoms with Crippen molar-refractivity contribution in [2.45, 2.75) is 0 Å². The van der Waals surface area contributed by atoms with Crippen molar-refractivity contribution in [3.63, 3.8) is 0 Å². The summed E-state index contributed by atoms with van der Waals surface area (Å²) < 4.78 is 4.22. The third-order valence-corrected chi connectivity index (χ3v) is 1.57. The van der Waals surface area contributed by atoms with Crippen LogP contribution < -0.4 is 0 Å². The zero-order valence-electron chi connectivity index (χ0n) is 5.83. The van der Waals surface area contributed by atoms with Crippen LogP contribution in [-0.4, -0.2) is 24.2 Å². The number of rotatable bonds is 3. The fraction of sp³-hybridized carbons (Fsp3) is 0.500. The van der Waals surface area contributed by atoms with Crippen molar-refractivity contribution in [1.82, 2.24) is 0 Å². The van der Waals surface area contributed by atoms with E-state index in [-0.39, 0.29) is 5.33 Å². The van der Waals surface area contributed by atoms with Crippen LogP contribution in [0.2, 0.25) is 0 Å². The number of ketones is 1. The normalized spacial score (nSPS) is 11.4. The number of hydrogen-bond donors (Lipinski definition) is 0. The van der Waals surface area contributed by atoms with Gasteiger partial charge in [0, 0.05) is 0 Å². The fourth-order valence-electron chi connectivity index (χ4n) is 0.451. The Balaban J connectivity index is 4.31. The highest BCUT2D eigenvalue weighted by Crippen LogP contribution is 2.01. The van der Waals surface area contributed by atoms with Gasteiger partial charge in [0.15, 0.2) is 5.78 Å². The molecule has 0 aliphatic carbocycles. The molecule has 0 heterocycles. The molecule has 0 aromatic carbocycles. The molecule has 5 heteroatoms. The van der Waals surface area contributed by atoms with Gasteiger partial charge in [-0.25, -0.2) is 0 Å². The summed E-state index contributed by atoms with van der Waals surface area (Å²) in [5.74, 6) is -2.59. The SMILES string of the molecule is COC(=O)C(C#N)C(=O)CBr. The van der Waals surface area contributed by atoms with Crippen LogP contribution in [0.15, 0.2) is 0 Å². The highest BCUT2D eigenvalue weighted by molar-refractivity contribution is 9.09. The van der Waals surface area contributed by atoms with Crippen molar-refractivity contribution in [2.24, 2.45) is 5.92 Å². The van der Waals surface area contributed by atoms with Crippen LogP contribution in [0.25, 0.3) is 0 Å². The van der Waals surface area contributed by atoms with E-state index in [1.165, 1.54) is 0 Å². The number of alkyl halides is 1. The molecule has 0 saturated heterocycles. The molecule has 0 N–H and O–H groups in total. The van der Waals surface area contributed by atoms with Crippen molar-refractivity contribution in [3.8, 4) is 6.07 Å². The second kappa shape index (κ2) is 4.85. The molecule has 0 fully saturated rings. The summed E-state index contributed by atoms with van der Waals surface area (Å²) in [6.07, 6.45) is 0. The third-order valence-electron chi connectivity index (χ3n) is 1.02. The van der Waals surface area contributed by atoms with Crippen LogP contribution in [0.1, 0.15) is 0 Å². The first kappa shape index (κ1) is 10.1. The van der Waals surface area contributed by atoms with Crippen molar-refractivity contribution in [2.75, 3.05) is 12.4 Å². The quantitative estimate of drug-likeness (QED) is 0.388. The molecule has 0 saturated carbocycles. The van der Waals surface area contributed by atoms with Crippen LogP contribution in [0.3, 0.4) is 0 Å². The van der Waals surface area contributed by atoms with Gasteiger partial charge in [-0.2, -0.15) is 5.26 Å². The summed E-state index contributed by atoms with van der Waals surface area (Å²) in [5, 5.41) is 8.32. The molecule has 0 spiro atoms. The monoisotopic (exact) mass is 219 g/mol. The predicted octanol–water partition coefficient (Wildman–Crippen LogP) is 0.263. The third kappa shape index (κ3) is 2.68. The molecule has 0 aliphatic rings. The van der Waals surface area contributed by atoms with Crippen LogP contribution in [0.5, 0.6) is 0 Å². The van der Waals surface area contributed by atoms with E-state index in [0.29, 0.717) is 0 Å². The van der Waals surface area contributed by atoms with Crippen LogP contribution in [0, 0.1) is 17.2 Å². The second-order valence-electron chi connectivity index (χ2n) is 1.69. The Labute approximate surface area is 72.3 Å². The average Bonchev–Trinajstić information content (AvgIpc) is 2.05. The maximum absolute atomic E-state index is 10.8. The molecular formula is C6H6BrNO3. The predicted molar refractivity (Wildman–Crippen MR) is 39.9 cm³/mol. The first-order valence-corrected chi connectivity index (χ1v) is 3.85. The van der Waals surface area contributed by atoms with E-state index in [4.69, 9.17) is 5.26 Å². The zero-order chi connectivity index (χ0) is 8.85. The summed E-state index contributed by atoms with van der Waals surface area (Å²) in [4.78, 5) is 21.4. The maximum atomic E-state index is 10.8. The van der Waals surface area contributed by atoms with Gasteiger partial charge in [-0.1, -0.05) is 15.9 Å². The Morgan fingerprint density at radius 1 is 1.73 bits per heavy atom. The van der Waals surface area contributed by atoms with Gasteiger partial charge in [0.2, 0.25) is 5.92 Å². The number of ether oxygens (including phenoxy) is 1. The minimum atomic E-state index is -1.29. The Kier molecular flexibility index (Phi) is 4.46. The number of Topliss-reactive ketones (excluding diaryl/α,β-unsaturated/α-hetero) is 1. The maximum Gasteiger partial charge on any atom is 0.330 e. The van der Waals surface area contributed by atoms with Gasteiger partial charge in [0.1, 0.15) is 0 Å². The van der Waals surface area contributed by atoms with Crippen molar-refractivity contribution >= 4 is 27.7 Å². The van der Waals surface area contributed by atoms with Gasteiger partial charge < -0.3 is 4.74 Å². The molecule has 0 aromatic heterocycles. The van der Waals surface area contributed by atoms with Crippen molar-refractivity contribution in [1.29, 1.82) is 5.26 Å². The molecule has 60 valence electrons. The number of nitrogens with zero attached hydrogens (tertiary/aromatic N) is 1. The zero-order valence-corrected chi connectivity index (χ0v) is 7.42. The van der Waals surface area contributed by atoms with Crippen LogP contribution in [-0.2, 0) is 14.3 Å². The van der Waals surface area contributed by atoms with E-state index >= 15 is 0 Å². The number of carbonyl (C=O) groups excluding carboxylic acids is 2. The second-order valence-corrected chi connectivity index (χ2v) is 2.25. The molecule has 1 unspecified atom stereocenters. The van der Waals surface area contributed by atoms with Gasteiger partial charge in [-0.3, -0.25) is 9.59 Å². The Bertz CT molecular complexity index is 192.